The van der Waals surface area contributed by atoms with Crippen LogP contribution in [-0.4, -0.2) is 18.9 Å². The summed E-state index contributed by atoms with van der Waals surface area (Å²) >= 11 is 5.44. The van der Waals surface area contributed by atoms with Crippen molar-refractivity contribution in [2.45, 2.75) is 12.3 Å². The van der Waals surface area contributed by atoms with E-state index in [2.05, 4.69) is 0 Å². The first kappa shape index (κ1) is 14.6. The van der Waals surface area contributed by atoms with Crippen LogP contribution < -0.4 is 16.8 Å². The normalized spacial score (nSPS) is 11.9. The number of alkyl halides is 4. The fraction of sp³-hybridized carbons (Fsp3) is 0.333. The van der Waals surface area contributed by atoms with Gasteiger partial charge in [-0.1, -0.05) is 11.6 Å². The van der Waals surface area contributed by atoms with Gasteiger partial charge < -0.3 is 16.8 Å². The molecule has 3 nitrogen and oxygen atoms in total. The molecule has 0 aliphatic carbocycles. The summed E-state index contributed by atoms with van der Waals surface area (Å²) in [5.74, 6) is -5.48. The standard InChI is InChI=1S/C9H9ClF5N3/c10-5-3(16)1-4(17)7(6(5)11)18-2-9(14,15)8(12)13/h1,8,18H,2,16-17H2. The summed E-state index contributed by atoms with van der Waals surface area (Å²) in [6.07, 6.45) is -3.88. The average Bonchev–Trinajstić information content (AvgIpc) is 2.25. The van der Waals surface area contributed by atoms with Crippen LogP contribution in [-0.2, 0) is 0 Å². The molecule has 1 aromatic carbocycles. The molecule has 102 valence electrons. The van der Waals surface area contributed by atoms with Crippen molar-refractivity contribution in [3.05, 3.63) is 16.9 Å². The highest BCUT2D eigenvalue weighted by Gasteiger charge is 2.40. The lowest BCUT2D eigenvalue weighted by molar-refractivity contribution is -0.117. The van der Waals surface area contributed by atoms with E-state index in [1.807, 2.05) is 0 Å². The number of hydrogen-bond donors (Lipinski definition) is 3. The molecule has 0 heterocycles. The van der Waals surface area contributed by atoms with E-state index in [0.717, 1.165) is 6.07 Å². The van der Waals surface area contributed by atoms with Gasteiger partial charge in [-0.3, -0.25) is 0 Å². The topological polar surface area (TPSA) is 64.1 Å². The number of rotatable bonds is 4. The Morgan fingerprint density at radius 2 is 1.83 bits per heavy atom. The van der Waals surface area contributed by atoms with E-state index < -0.39 is 35.4 Å². The summed E-state index contributed by atoms with van der Waals surface area (Å²) in [7, 11) is 0. The number of nitrogens with two attached hydrogens (primary N) is 2. The van der Waals surface area contributed by atoms with Gasteiger partial charge in [-0.25, -0.2) is 13.2 Å². The molecule has 5 N–H and O–H groups in total. The second-order valence-corrected chi connectivity index (χ2v) is 3.85. The van der Waals surface area contributed by atoms with Gasteiger partial charge in [0.1, 0.15) is 5.02 Å². The monoisotopic (exact) mass is 289 g/mol. The Balaban J connectivity index is 2.96. The first-order valence-corrected chi connectivity index (χ1v) is 4.97. The minimum absolute atomic E-state index is 0.183. The van der Waals surface area contributed by atoms with Crippen LogP contribution in [0.2, 0.25) is 5.02 Å². The number of nitrogens with one attached hydrogen (secondary N) is 1. The van der Waals surface area contributed by atoms with Crippen molar-refractivity contribution in [2.24, 2.45) is 0 Å². The van der Waals surface area contributed by atoms with Crippen LogP contribution in [0.5, 0.6) is 0 Å². The molecule has 0 spiro atoms. The number of anilines is 3. The zero-order valence-electron chi connectivity index (χ0n) is 8.78. The second-order valence-electron chi connectivity index (χ2n) is 3.47. The molecule has 18 heavy (non-hydrogen) atoms. The predicted molar refractivity (Wildman–Crippen MR) is 59.7 cm³/mol. The Labute approximate surface area is 104 Å². The van der Waals surface area contributed by atoms with Crippen molar-refractivity contribution in [3.8, 4) is 0 Å². The van der Waals surface area contributed by atoms with Gasteiger partial charge in [-0.15, -0.1) is 0 Å². The quantitative estimate of drug-likeness (QED) is 0.590. The molecule has 0 aliphatic rings. The lowest BCUT2D eigenvalue weighted by atomic mass is 10.2. The Kier molecular flexibility index (Phi) is 4.10. The van der Waals surface area contributed by atoms with E-state index in [-0.39, 0.29) is 11.4 Å². The van der Waals surface area contributed by atoms with E-state index in [9.17, 15) is 22.0 Å². The average molecular weight is 290 g/mol. The van der Waals surface area contributed by atoms with E-state index in [0.29, 0.717) is 0 Å². The second kappa shape index (κ2) is 5.05. The fourth-order valence-corrected chi connectivity index (χ4v) is 1.28. The van der Waals surface area contributed by atoms with Gasteiger partial charge in [-0.2, -0.15) is 8.78 Å². The summed E-state index contributed by atoms with van der Waals surface area (Å²) in [4.78, 5) is 0. The summed E-state index contributed by atoms with van der Waals surface area (Å²) in [5.41, 5.74) is 9.52. The third kappa shape index (κ3) is 2.87. The van der Waals surface area contributed by atoms with Gasteiger partial charge >= 0.3 is 12.3 Å². The fourth-order valence-electron chi connectivity index (χ4n) is 1.13. The molecule has 1 aromatic rings. The van der Waals surface area contributed by atoms with E-state index in [4.69, 9.17) is 23.1 Å². The molecule has 1 rings (SSSR count). The third-order valence-electron chi connectivity index (χ3n) is 2.09. The first-order valence-electron chi connectivity index (χ1n) is 4.59. The van der Waals surface area contributed by atoms with Crippen LogP contribution in [0, 0.1) is 5.82 Å². The molecule has 0 fully saturated rings. The maximum absolute atomic E-state index is 13.5. The van der Waals surface area contributed by atoms with E-state index in [1.165, 1.54) is 0 Å². The molecule has 0 aromatic heterocycles. The smallest absolute Gasteiger partial charge is 0.324 e. The third-order valence-corrected chi connectivity index (χ3v) is 2.47. The highest BCUT2D eigenvalue weighted by atomic mass is 35.5. The van der Waals surface area contributed by atoms with Gasteiger partial charge in [0.25, 0.3) is 0 Å². The zero-order valence-corrected chi connectivity index (χ0v) is 9.54. The van der Waals surface area contributed by atoms with Crippen molar-refractivity contribution < 1.29 is 22.0 Å². The number of nitrogen functional groups attached to an aromatic ring is 2. The van der Waals surface area contributed by atoms with Crippen LogP contribution in [0.25, 0.3) is 0 Å². The minimum atomic E-state index is -4.31. The molecule has 0 amide bonds. The van der Waals surface area contributed by atoms with Crippen LogP contribution >= 0.6 is 11.6 Å². The van der Waals surface area contributed by atoms with Crippen molar-refractivity contribution in [3.63, 3.8) is 0 Å². The van der Waals surface area contributed by atoms with E-state index in [1.54, 1.807) is 5.32 Å². The van der Waals surface area contributed by atoms with E-state index >= 15 is 0 Å². The molecule has 0 bridgehead atoms. The zero-order chi connectivity index (χ0) is 14.1. The Bertz CT molecular complexity index is 452. The van der Waals surface area contributed by atoms with Gasteiger partial charge in [-0.05, 0) is 6.07 Å². The molecule has 0 saturated heterocycles. The van der Waals surface area contributed by atoms with Crippen molar-refractivity contribution in [1.82, 2.24) is 0 Å². The predicted octanol–water partition coefficient (Wildman–Crippen LogP) is 2.96. The van der Waals surface area contributed by atoms with Crippen molar-refractivity contribution in [1.29, 1.82) is 0 Å². The molecule has 9 heteroatoms. The number of hydrogen-bond acceptors (Lipinski definition) is 3. The summed E-state index contributed by atoms with van der Waals surface area (Å²) in [6, 6.07) is 1.04. The molecule has 0 atom stereocenters. The van der Waals surface area contributed by atoms with Gasteiger partial charge in [0.05, 0.1) is 23.6 Å². The maximum Gasteiger partial charge on any atom is 0.324 e. The molecular weight excluding hydrogens is 281 g/mol. The van der Waals surface area contributed by atoms with Crippen LogP contribution in [0.4, 0.5) is 39.0 Å². The Hall–Kier alpha value is -1.44. The van der Waals surface area contributed by atoms with Crippen molar-refractivity contribution in [2.75, 3.05) is 23.3 Å². The summed E-state index contributed by atoms with van der Waals surface area (Å²) in [5, 5.41) is 1.28. The van der Waals surface area contributed by atoms with Gasteiger partial charge in [0, 0.05) is 0 Å². The largest absolute Gasteiger partial charge is 0.397 e. The lowest BCUT2D eigenvalue weighted by Gasteiger charge is -2.18. The van der Waals surface area contributed by atoms with Crippen LogP contribution in [0.1, 0.15) is 0 Å². The molecular formula is C9H9ClF5N3. The molecule has 0 saturated carbocycles. The molecule has 0 aliphatic heterocycles. The Morgan fingerprint density at radius 1 is 1.28 bits per heavy atom. The van der Waals surface area contributed by atoms with Crippen LogP contribution in [0.3, 0.4) is 0 Å². The summed E-state index contributed by atoms with van der Waals surface area (Å²) < 4.78 is 62.6. The highest BCUT2D eigenvalue weighted by Crippen LogP contribution is 2.34. The number of halogens is 6. The Morgan fingerprint density at radius 3 is 2.33 bits per heavy atom. The lowest BCUT2D eigenvalue weighted by Crippen LogP contribution is -2.35. The minimum Gasteiger partial charge on any atom is -0.397 e. The SMILES string of the molecule is Nc1cc(N)c(NCC(F)(F)C(F)F)c(F)c1Cl. The van der Waals surface area contributed by atoms with Gasteiger partial charge in [0.2, 0.25) is 0 Å². The highest BCUT2D eigenvalue weighted by molar-refractivity contribution is 6.33. The maximum atomic E-state index is 13.5. The number of benzene rings is 1. The molecule has 0 radical (unpaired) electrons. The first-order chi connectivity index (χ1) is 8.16. The molecule has 0 unspecified atom stereocenters. The summed E-state index contributed by atoms with van der Waals surface area (Å²) in [6.45, 7) is -1.48. The van der Waals surface area contributed by atoms with Gasteiger partial charge in [0.15, 0.2) is 5.82 Å². The van der Waals surface area contributed by atoms with Crippen LogP contribution in [0.15, 0.2) is 6.07 Å². The van der Waals surface area contributed by atoms with Crippen molar-refractivity contribution >= 4 is 28.7 Å².